The molecule has 1 saturated heterocycles. The molecule has 1 aliphatic rings. The number of aryl methyl sites for hydroxylation is 1. The molecule has 0 saturated carbocycles. The Morgan fingerprint density at radius 2 is 1.81 bits per heavy atom. The molecule has 27 heavy (non-hydrogen) atoms. The summed E-state index contributed by atoms with van der Waals surface area (Å²) in [6.45, 7) is 3.12. The third kappa shape index (κ3) is 3.77. The molecule has 4 amide bonds. The van der Waals surface area contributed by atoms with Crippen LogP contribution in [0.25, 0.3) is 0 Å². The molecule has 0 unspecified atom stereocenters. The molecule has 0 spiro atoms. The van der Waals surface area contributed by atoms with Crippen molar-refractivity contribution in [3.05, 3.63) is 63.6 Å². The minimum Gasteiger partial charge on any atom is -0.323 e. The van der Waals surface area contributed by atoms with Gasteiger partial charge in [-0.3, -0.25) is 14.5 Å². The number of carbonyl (C=O) groups is 3. The third-order valence-electron chi connectivity index (χ3n) is 4.41. The molecule has 1 atom stereocenters. The Kier molecular flexibility index (Phi) is 5.13. The fourth-order valence-corrected chi connectivity index (χ4v) is 3.30. The number of carbonyl (C=O) groups excluding carboxylic acids is 3. The highest BCUT2D eigenvalue weighted by molar-refractivity contribution is 6.36. The van der Waals surface area contributed by atoms with Crippen molar-refractivity contribution in [3.63, 3.8) is 0 Å². The van der Waals surface area contributed by atoms with E-state index < -0.39 is 29.9 Å². The number of amides is 4. The van der Waals surface area contributed by atoms with Crippen LogP contribution in [0.15, 0.2) is 42.5 Å². The van der Waals surface area contributed by atoms with Crippen LogP contribution in [-0.2, 0) is 15.1 Å². The van der Waals surface area contributed by atoms with E-state index in [1.54, 1.807) is 31.2 Å². The highest BCUT2D eigenvalue weighted by Crippen LogP contribution is 2.29. The van der Waals surface area contributed by atoms with Crippen LogP contribution in [0.2, 0.25) is 10.0 Å². The number of halogens is 2. The number of nitrogens with one attached hydrogen (secondary N) is 2. The van der Waals surface area contributed by atoms with E-state index in [2.05, 4.69) is 10.6 Å². The summed E-state index contributed by atoms with van der Waals surface area (Å²) >= 11 is 11.9. The van der Waals surface area contributed by atoms with Gasteiger partial charge in [0.1, 0.15) is 12.1 Å². The van der Waals surface area contributed by atoms with Crippen molar-refractivity contribution in [2.24, 2.45) is 0 Å². The molecular weight excluding hydrogens is 389 g/mol. The van der Waals surface area contributed by atoms with Crippen molar-refractivity contribution in [2.75, 3.05) is 11.9 Å². The summed E-state index contributed by atoms with van der Waals surface area (Å²) in [6, 6.07) is 11.3. The molecule has 2 N–H and O–H groups in total. The fraction of sp³-hybridized carbons (Fsp3) is 0.211. The smallest absolute Gasteiger partial charge is 0.323 e. The lowest BCUT2D eigenvalue weighted by atomic mass is 9.91. The number of anilines is 1. The van der Waals surface area contributed by atoms with E-state index in [9.17, 15) is 14.4 Å². The van der Waals surface area contributed by atoms with Crippen LogP contribution in [0.3, 0.4) is 0 Å². The molecule has 2 aromatic carbocycles. The van der Waals surface area contributed by atoms with Crippen LogP contribution in [-0.4, -0.2) is 29.3 Å². The number of rotatable bonds is 4. The molecule has 0 aliphatic carbocycles. The molecule has 3 rings (SSSR count). The van der Waals surface area contributed by atoms with Crippen LogP contribution < -0.4 is 10.6 Å². The fourth-order valence-electron chi connectivity index (χ4n) is 2.85. The van der Waals surface area contributed by atoms with Crippen LogP contribution in [0.5, 0.6) is 0 Å². The Morgan fingerprint density at radius 1 is 1.15 bits per heavy atom. The van der Waals surface area contributed by atoms with E-state index in [1.807, 2.05) is 19.1 Å². The van der Waals surface area contributed by atoms with Crippen LogP contribution in [0, 0.1) is 6.92 Å². The quantitative estimate of drug-likeness (QED) is 0.760. The Hall–Kier alpha value is -2.57. The zero-order valence-corrected chi connectivity index (χ0v) is 16.2. The summed E-state index contributed by atoms with van der Waals surface area (Å²) in [4.78, 5) is 38.4. The monoisotopic (exact) mass is 405 g/mol. The SMILES string of the molecule is Cc1ccc([C@]2(C)NC(=O)N(CC(=O)Nc3ccc(Cl)cc3Cl)C2=O)cc1. The van der Waals surface area contributed by atoms with Gasteiger partial charge in [0.2, 0.25) is 5.91 Å². The molecule has 0 bridgehead atoms. The average molecular weight is 406 g/mol. The zero-order valence-electron chi connectivity index (χ0n) is 14.7. The van der Waals surface area contributed by atoms with Crippen LogP contribution in [0.4, 0.5) is 10.5 Å². The van der Waals surface area contributed by atoms with E-state index in [4.69, 9.17) is 23.2 Å². The lowest BCUT2D eigenvalue weighted by molar-refractivity contribution is -0.133. The number of imide groups is 1. The maximum atomic E-state index is 12.8. The number of hydrogen-bond acceptors (Lipinski definition) is 3. The minimum atomic E-state index is -1.22. The lowest BCUT2D eigenvalue weighted by Crippen LogP contribution is -2.42. The van der Waals surface area contributed by atoms with Gasteiger partial charge < -0.3 is 10.6 Å². The maximum Gasteiger partial charge on any atom is 0.325 e. The normalized spacial score (nSPS) is 19.2. The zero-order chi connectivity index (χ0) is 19.8. The van der Waals surface area contributed by atoms with E-state index >= 15 is 0 Å². The van der Waals surface area contributed by atoms with E-state index in [-0.39, 0.29) is 5.02 Å². The third-order valence-corrected chi connectivity index (χ3v) is 4.96. The molecule has 0 radical (unpaired) electrons. The van der Waals surface area contributed by atoms with Crippen molar-refractivity contribution < 1.29 is 14.4 Å². The topological polar surface area (TPSA) is 78.5 Å². The van der Waals surface area contributed by atoms with Crippen molar-refractivity contribution in [2.45, 2.75) is 19.4 Å². The number of nitrogens with zero attached hydrogens (tertiary/aromatic N) is 1. The molecule has 6 nitrogen and oxygen atoms in total. The molecule has 2 aromatic rings. The first-order valence-electron chi connectivity index (χ1n) is 8.17. The molecule has 140 valence electrons. The average Bonchev–Trinajstić information content (AvgIpc) is 2.82. The van der Waals surface area contributed by atoms with Gasteiger partial charge in [-0.05, 0) is 37.6 Å². The Balaban J connectivity index is 1.75. The van der Waals surface area contributed by atoms with Crippen molar-refractivity contribution in [1.82, 2.24) is 10.2 Å². The standard InChI is InChI=1S/C19H17Cl2N3O3/c1-11-3-5-12(6-4-11)19(2)17(26)24(18(27)23-19)10-16(25)22-15-8-7-13(20)9-14(15)21/h3-9H,10H2,1-2H3,(H,22,25)(H,23,27)/t19-/m0/s1. The van der Waals surface area contributed by atoms with Gasteiger partial charge in [-0.25, -0.2) is 4.79 Å². The van der Waals surface area contributed by atoms with E-state index in [0.29, 0.717) is 16.3 Å². The second-order valence-corrected chi connectivity index (χ2v) is 7.33. The van der Waals surface area contributed by atoms with Crippen LogP contribution in [0.1, 0.15) is 18.1 Å². The number of hydrogen-bond donors (Lipinski definition) is 2. The summed E-state index contributed by atoms with van der Waals surface area (Å²) in [5, 5.41) is 5.94. The van der Waals surface area contributed by atoms with Gasteiger partial charge in [-0.15, -0.1) is 0 Å². The predicted molar refractivity (Wildman–Crippen MR) is 104 cm³/mol. The van der Waals surface area contributed by atoms with Crippen molar-refractivity contribution in [1.29, 1.82) is 0 Å². The summed E-state index contributed by atoms with van der Waals surface area (Å²) in [6.07, 6.45) is 0. The Morgan fingerprint density at radius 3 is 2.44 bits per heavy atom. The summed E-state index contributed by atoms with van der Waals surface area (Å²) in [7, 11) is 0. The minimum absolute atomic E-state index is 0.262. The second kappa shape index (κ2) is 7.21. The molecule has 1 heterocycles. The van der Waals surface area contributed by atoms with Gasteiger partial charge >= 0.3 is 6.03 Å². The molecule has 8 heteroatoms. The lowest BCUT2D eigenvalue weighted by Gasteiger charge is -2.22. The van der Waals surface area contributed by atoms with Gasteiger partial charge in [0.05, 0.1) is 10.7 Å². The first kappa shape index (κ1) is 19.2. The molecule has 1 aliphatic heterocycles. The van der Waals surface area contributed by atoms with Gasteiger partial charge in [-0.2, -0.15) is 0 Å². The summed E-state index contributed by atoms with van der Waals surface area (Å²) < 4.78 is 0. The summed E-state index contributed by atoms with van der Waals surface area (Å²) in [5.74, 6) is -1.04. The van der Waals surface area contributed by atoms with Gasteiger partial charge in [-0.1, -0.05) is 53.0 Å². The van der Waals surface area contributed by atoms with Crippen molar-refractivity contribution >= 4 is 46.7 Å². The molecule has 0 aromatic heterocycles. The first-order chi connectivity index (χ1) is 12.7. The van der Waals surface area contributed by atoms with E-state index in [0.717, 1.165) is 10.5 Å². The summed E-state index contributed by atoms with van der Waals surface area (Å²) in [5.41, 5.74) is 0.813. The highest BCUT2D eigenvalue weighted by Gasteiger charge is 2.49. The molecule has 1 fully saturated rings. The van der Waals surface area contributed by atoms with E-state index in [1.165, 1.54) is 6.07 Å². The van der Waals surface area contributed by atoms with Crippen LogP contribution >= 0.6 is 23.2 Å². The second-order valence-electron chi connectivity index (χ2n) is 6.48. The molecular formula is C19H17Cl2N3O3. The van der Waals surface area contributed by atoms with Gasteiger partial charge in [0, 0.05) is 5.02 Å². The largest absolute Gasteiger partial charge is 0.325 e. The Labute approximate surface area is 166 Å². The van der Waals surface area contributed by atoms with Gasteiger partial charge in [0.25, 0.3) is 5.91 Å². The maximum absolute atomic E-state index is 12.8. The first-order valence-corrected chi connectivity index (χ1v) is 8.92. The predicted octanol–water partition coefficient (Wildman–Crippen LogP) is 3.71. The number of urea groups is 1. The highest BCUT2D eigenvalue weighted by atomic mass is 35.5. The van der Waals surface area contributed by atoms with Gasteiger partial charge in [0.15, 0.2) is 0 Å². The number of benzene rings is 2. The Bertz CT molecular complexity index is 930. The van der Waals surface area contributed by atoms with Crippen molar-refractivity contribution in [3.8, 4) is 0 Å².